The molecular formula is C14H27N3O3S. The van der Waals surface area contributed by atoms with Crippen molar-refractivity contribution < 1.29 is 13.5 Å². The van der Waals surface area contributed by atoms with Gasteiger partial charge in [0, 0.05) is 19.7 Å². The summed E-state index contributed by atoms with van der Waals surface area (Å²) in [4.78, 5) is 0.231. The lowest BCUT2D eigenvalue weighted by molar-refractivity contribution is 0.268. The van der Waals surface area contributed by atoms with Crippen molar-refractivity contribution in [3.63, 3.8) is 0 Å². The molecule has 0 spiro atoms. The summed E-state index contributed by atoms with van der Waals surface area (Å²) in [6.07, 6.45) is 7.17. The molecular weight excluding hydrogens is 290 g/mol. The van der Waals surface area contributed by atoms with E-state index < -0.39 is 10.0 Å². The Bertz CT molecular complexity index is 499. The molecule has 0 bridgehead atoms. The predicted octanol–water partition coefficient (Wildman–Crippen LogP) is 2.06. The molecule has 0 aliphatic heterocycles. The Balaban J connectivity index is 2.70. The normalized spacial score (nSPS) is 12.2. The van der Waals surface area contributed by atoms with Gasteiger partial charge in [-0.15, -0.1) is 0 Å². The van der Waals surface area contributed by atoms with Gasteiger partial charge in [0.2, 0.25) is 10.0 Å². The highest BCUT2D eigenvalue weighted by molar-refractivity contribution is 7.89. The molecule has 0 atom stereocenters. The molecule has 1 heterocycles. The number of sulfonamides is 1. The summed E-state index contributed by atoms with van der Waals surface area (Å²) in [6, 6.07) is 0. The van der Waals surface area contributed by atoms with Gasteiger partial charge in [-0.2, -0.15) is 9.40 Å². The highest BCUT2D eigenvalue weighted by Gasteiger charge is 2.26. The zero-order valence-corrected chi connectivity index (χ0v) is 13.8. The van der Waals surface area contributed by atoms with Crippen LogP contribution >= 0.6 is 0 Å². The molecule has 122 valence electrons. The van der Waals surface area contributed by atoms with E-state index in [2.05, 4.69) is 17.1 Å². The van der Waals surface area contributed by atoms with Crippen molar-refractivity contribution in [2.24, 2.45) is 0 Å². The molecule has 0 saturated carbocycles. The first kappa shape index (κ1) is 18.1. The van der Waals surface area contributed by atoms with Gasteiger partial charge in [-0.1, -0.05) is 32.6 Å². The fourth-order valence-corrected chi connectivity index (χ4v) is 3.87. The lowest BCUT2D eigenvalue weighted by atomic mass is 10.1. The maximum atomic E-state index is 12.6. The van der Waals surface area contributed by atoms with E-state index in [-0.39, 0.29) is 11.5 Å². The van der Waals surface area contributed by atoms with Crippen LogP contribution in [-0.4, -0.2) is 47.7 Å². The largest absolute Gasteiger partial charge is 0.396 e. The molecule has 1 aromatic rings. The zero-order valence-electron chi connectivity index (χ0n) is 13.0. The molecule has 1 rings (SSSR count). The average Bonchev–Trinajstić information content (AvgIpc) is 2.88. The van der Waals surface area contributed by atoms with Crippen molar-refractivity contribution in [2.45, 2.75) is 57.3 Å². The minimum atomic E-state index is -3.52. The summed E-state index contributed by atoms with van der Waals surface area (Å²) in [5.41, 5.74) is 0.551. The van der Waals surface area contributed by atoms with Crippen molar-refractivity contribution in [1.82, 2.24) is 14.5 Å². The van der Waals surface area contributed by atoms with Crippen LogP contribution in [0.25, 0.3) is 0 Å². The van der Waals surface area contributed by atoms with Crippen molar-refractivity contribution in [1.29, 1.82) is 0 Å². The number of aliphatic hydroxyl groups excluding tert-OH is 1. The zero-order chi connectivity index (χ0) is 15.7. The van der Waals surface area contributed by atoms with Crippen LogP contribution in [0.15, 0.2) is 11.1 Å². The van der Waals surface area contributed by atoms with Gasteiger partial charge in [-0.05, 0) is 19.8 Å². The number of nitrogens with zero attached hydrogens (tertiary/aromatic N) is 2. The molecule has 1 aromatic heterocycles. The monoisotopic (exact) mass is 317 g/mol. The number of nitrogens with one attached hydrogen (secondary N) is 1. The molecule has 0 radical (unpaired) electrons. The Morgan fingerprint density at radius 1 is 1.19 bits per heavy atom. The van der Waals surface area contributed by atoms with Crippen molar-refractivity contribution in [2.75, 3.05) is 19.7 Å². The van der Waals surface area contributed by atoms with E-state index in [4.69, 9.17) is 5.11 Å². The lowest BCUT2D eigenvalue weighted by Crippen LogP contribution is -2.33. The van der Waals surface area contributed by atoms with Crippen molar-refractivity contribution >= 4 is 10.0 Å². The number of aryl methyl sites for hydroxylation is 1. The molecule has 2 N–H and O–H groups in total. The SMILES string of the molecule is CCCCCCCN(CCCO)S(=O)(=O)c1cn[nH]c1C. The summed E-state index contributed by atoms with van der Waals surface area (Å²) in [7, 11) is -3.52. The summed E-state index contributed by atoms with van der Waals surface area (Å²) in [5, 5.41) is 15.4. The number of hydrogen-bond donors (Lipinski definition) is 2. The Morgan fingerprint density at radius 2 is 1.86 bits per heavy atom. The average molecular weight is 317 g/mol. The first-order valence-corrected chi connectivity index (χ1v) is 9.09. The first-order valence-electron chi connectivity index (χ1n) is 7.65. The van der Waals surface area contributed by atoms with Gasteiger partial charge in [-0.25, -0.2) is 8.42 Å². The Kier molecular flexibility index (Phi) is 7.92. The van der Waals surface area contributed by atoms with Gasteiger partial charge in [0.05, 0.1) is 11.9 Å². The van der Waals surface area contributed by atoms with Crippen LogP contribution in [0.1, 0.15) is 51.1 Å². The number of rotatable bonds is 11. The smallest absolute Gasteiger partial charge is 0.246 e. The van der Waals surface area contributed by atoms with Gasteiger partial charge in [0.15, 0.2) is 0 Å². The highest BCUT2D eigenvalue weighted by Crippen LogP contribution is 2.19. The van der Waals surface area contributed by atoms with Crippen LogP contribution in [0, 0.1) is 6.92 Å². The second kappa shape index (κ2) is 9.17. The molecule has 0 unspecified atom stereocenters. The lowest BCUT2D eigenvalue weighted by Gasteiger charge is -2.21. The predicted molar refractivity (Wildman–Crippen MR) is 82.5 cm³/mol. The van der Waals surface area contributed by atoms with Crippen LogP contribution in [0.2, 0.25) is 0 Å². The minimum absolute atomic E-state index is 0.00771. The van der Waals surface area contributed by atoms with E-state index in [0.717, 1.165) is 19.3 Å². The third-order valence-electron chi connectivity index (χ3n) is 3.48. The second-order valence-corrected chi connectivity index (χ2v) is 7.16. The van der Waals surface area contributed by atoms with Crippen LogP contribution in [-0.2, 0) is 10.0 Å². The van der Waals surface area contributed by atoms with Gasteiger partial charge >= 0.3 is 0 Å². The molecule has 0 fully saturated rings. The van der Waals surface area contributed by atoms with E-state index in [1.54, 1.807) is 6.92 Å². The van der Waals surface area contributed by atoms with E-state index in [1.165, 1.54) is 23.3 Å². The van der Waals surface area contributed by atoms with E-state index >= 15 is 0 Å². The van der Waals surface area contributed by atoms with Gasteiger partial charge in [-0.3, -0.25) is 5.10 Å². The van der Waals surface area contributed by atoms with Crippen LogP contribution in [0.5, 0.6) is 0 Å². The summed E-state index contributed by atoms with van der Waals surface area (Å²) in [6.45, 7) is 4.69. The van der Waals surface area contributed by atoms with E-state index in [1.807, 2.05) is 0 Å². The van der Waals surface area contributed by atoms with Crippen LogP contribution in [0.3, 0.4) is 0 Å². The Morgan fingerprint density at radius 3 is 2.43 bits per heavy atom. The van der Waals surface area contributed by atoms with Crippen LogP contribution < -0.4 is 0 Å². The standard InChI is InChI=1S/C14H27N3O3S/c1-3-4-5-6-7-9-17(10-8-11-18)21(19,20)14-12-15-16-13(14)2/h12,18H,3-11H2,1-2H3,(H,15,16). The number of aromatic amines is 1. The summed E-state index contributed by atoms with van der Waals surface area (Å²) < 4.78 is 26.7. The van der Waals surface area contributed by atoms with Gasteiger partial charge < -0.3 is 5.11 Å². The third kappa shape index (κ3) is 5.41. The molecule has 0 aromatic carbocycles. The molecule has 0 saturated heterocycles. The Labute approximate surface area is 127 Å². The third-order valence-corrected chi connectivity index (χ3v) is 5.49. The molecule has 21 heavy (non-hydrogen) atoms. The van der Waals surface area contributed by atoms with Crippen molar-refractivity contribution in [3.8, 4) is 0 Å². The molecule has 0 aliphatic carbocycles. The number of H-pyrrole nitrogens is 1. The Hall–Kier alpha value is -0.920. The number of aliphatic hydroxyl groups is 1. The number of unbranched alkanes of at least 4 members (excludes halogenated alkanes) is 4. The fourth-order valence-electron chi connectivity index (χ4n) is 2.23. The molecule has 7 heteroatoms. The topological polar surface area (TPSA) is 86.3 Å². The molecule has 0 amide bonds. The van der Waals surface area contributed by atoms with E-state index in [9.17, 15) is 8.42 Å². The quantitative estimate of drug-likeness (QED) is 0.612. The molecule has 6 nitrogen and oxygen atoms in total. The minimum Gasteiger partial charge on any atom is -0.396 e. The highest BCUT2D eigenvalue weighted by atomic mass is 32.2. The summed E-state index contributed by atoms with van der Waals surface area (Å²) >= 11 is 0. The first-order chi connectivity index (χ1) is 10.0. The maximum Gasteiger partial charge on any atom is 0.246 e. The number of hydrogen-bond acceptors (Lipinski definition) is 4. The fraction of sp³-hybridized carbons (Fsp3) is 0.786. The second-order valence-electron chi connectivity index (χ2n) is 5.25. The number of aromatic nitrogens is 2. The van der Waals surface area contributed by atoms with Crippen molar-refractivity contribution in [3.05, 3.63) is 11.9 Å². The van der Waals surface area contributed by atoms with E-state index in [0.29, 0.717) is 25.2 Å². The summed E-state index contributed by atoms with van der Waals surface area (Å²) in [5.74, 6) is 0. The van der Waals surface area contributed by atoms with Gasteiger partial charge in [0.25, 0.3) is 0 Å². The van der Waals surface area contributed by atoms with Crippen LogP contribution in [0.4, 0.5) is 0 Å². The van der Waals surface area contributed by atoms with Gasteiger partial charge in [0.1, 0.15) is 4.90 Å². The maximum absolute atomic E-state index is 12.6. The molecule has 0 aliphatic rings.